The first-order chi connectivity index (χ1) is 15.1. The summed E-state index contributed by atoms with van der Waals surface area (Å²) in [5.41, 5.74) is -0.477. The second kappa shape index (κ2) is 10.6. The van der Waals surface area contributed by atoms with Crippen molar-refractivity contribution in [3.05, 3.63) is 0 Å². The lowest BCUT2D eigenvalue weighted by Crippen LogP contribution is -2.56. The second-order valence-corrected chi connectivity index (χ2v) is 11.5. The molecular weight excluding hydrogens is 533 g/mol. The highest BCUT2D eigenvalue weighted by Gasteiger charge is 2.45. The van der Waals surface area contributed by atoms with Gasteiger partial charge in [0.1, 0.15) is 12.1 Å². The number of aliphatic imine (C=N–C) groups is 1. The fourth-order valence-electron chi connectivity index (χ4n) is 6.12. The highest BCUT2D eigenvalue weighted by atomic mass is 127. The standard InChI is InChI=1S/C24H41N5O3.HI/c1-24(2,3)32-23(31)29-18-8-9-19(29)13-17(12-18)26-22(25-14-21(30)28(4)5)27-20-11-15-6-7-16(20)10-15;/h15-20H,6-14H2,1-5H3,(H2,25,26,27);1H. The first-order valence-corrected chi connectivity index (χ1v) is 12.4. The zero-order chi connectivity index (χ0) is 23.0. The van der Waals surface area contributed by atoms with Gasteiger partial charge in [-0.05, 0) is 77.6 Å². The van der Waals surface area contributed by atoms with E-state index in [1.54, 1.807) is 19.0 Å². The smallest absolute Gasteiger partial charge is 0.410 e. The molecule has 0 aromatic rings. The lowest BCUT2D eigenvalue weighted by molar-refractivity contribution is -0.127. The Hall–Kier alpha value is -1.26. The summed E-state index contributed by atoms with van der Waals surface area (Å²) in [5, 5.41) is 7.30. The summed E-state index contributed by atoms with van der Waals surface area (Å²) < 4.78 is 5.67. The number of halogens is 1. The van der Waals surface area contributed by atoms with Gasteiger partial charge in [0.25, 0.3) is 0 Å². The summed E-state index contributed by atoms with van der Waals surface area (Å²) in [4.78, 5) is 33.1. The van der Waals surface area contributed by atoms with E-state index in [0.29, 0.717) is 6.04 Å². The van der Waals surface area contributed by atoms with E-state index in [9.17, 15) is 9.59 Å². The summed E-state index contributed by atoms with van der Waals surface area (Å²) in [6.07, 6.45) is 8.80. The molecule has 5 unspecified atom stereocenters. The number of piperidine rings is 1. The molecule has 2 saturated heterocycles. The number of guanidine groups is 1. The maximum Gasteiger partial charge on any atom is 0.410 e. The molecular formula is C24H42IN5O3. The molecule has 4 aliphatic rings. The zero-order valence-electron chi connectivity index (χ0n) is 20.8. The monoisotopic (exact) mass is 575 g/mol. The van der Waals surface area contributed by atoms with Crippen molar-refractivity contribution in [3.8, 4) is 0 Å². The van der Waals surface area contributed by atoms with Gasteiger partial charge in [0.05, 0.1) is 0 Å². The Morgan fingerprint density at radius 2 is 1.67 bits per heavy atom. The number of nitrogens with zero attached hydrogens (tertiary/aromatic N) is 3. The summed E-state index contributed by atoms with van der Waals surface area (Å²) in [6.45, 7) is 5.90. The Bertz CT molecular complexity index is 739. The molecule has 8 nitrogen and oxygen atoms in total. The molecule has 4 bridgehead atoms. The number of fused-ring (bicyclic) bond motifs is 4. The van der Waals surface area contributed by atoms with Gasteiger partial charge in [-0.15, -0.1) is 24.0 Å². The molecule has 9 heteroatoms. The number of carbonyl (C=O) groups is 2. The summed E-state index contributed by atoms with van der Waals surface area (Å²) in [7, 11) is 3.52. The van der Waals surface area contributed by atoms with Crippen LogP contribution in [-0.4, -0.2) is 78.2 Å². The van der Waals surface area contributed by atoms with Gasteiger partial charge in [0.15, 0.2) is 5.96 Å². The molecule has 2 heterocycles. The summed E-state index contributed by atoms with van der Waals surface area (Å²) in [5.74, 6) is 2.32. The Morgan fingerprint density at radius 1 is 1.00 bits per heavy atom. The molecule has 33 heavy (non-hydrogen) atoms. The molecule has 2 N–H and O–H groups in total. The van der Waals surface area contributed by atoms with Crippen LogP contribution >= 0.6 is 24.0 Å². The average Bonchev–Trinajstić information content (AvgIpc) is 3.38. The maximum atomic E-state index is 12.8. The van der Waals surface area contributed by atoms with Gasteiger partial charge in [-0.1, -0.05) is 6.42 Å². The van der Waals surface area contributed by atoms with E-state index in [-0.39, 0.29) is 60.6 Å². The Kier molecular flexibility index (Phi) is 8.43. The molecule has 2 aliphatic heterocycles. The molecule has 0 aromatic carbocycles. The first-order valence-electron chi connectivity index (χ1n) is 12.4. The highest BCUT2D eigenvalue weighted by molar-refractivity contribution is 14.0. The molecule has 4 rings (SSSR count). The molecule has 2 amide bonds. The average molecular weight is 576 g/mol. The first kappa shape index (κ1) is 26.3. The van der Waals surface area contributed by atoms with Gasteiger partial charge < -0.3 is 25.2 Å². The molecule has 4 fully saturated rings. The number of rotatable bonds is 4. The van der Waals surface area contributed by atoms with Gasteiger partial charge >= 0.3 is 6.09 Å². The van der Waals surface area contributed by atoms with E-state index in [0.717, 1.165) is 43.5 Å². The van der Waals surface area contributed by atoms with Crippen molar-refractivity contribution in [3.63, 3.8) is 0 Å². The largest absolute Gasteiger partial charge is 0.444 e. The molecule has 0 radical (unpaired) electrons. The van der Waals surface area contributed by atoms with Crippen molar-refractivity contribution in [2.24, 2.45) is 16.8 Å². The Labute approximate surface area is 215 Å². The van der Waals surface area contributed by atoms with Crippen molar-refractivity contribution in [1.29, 1.82) is 0 Å². The van der Waals surface area contributed by atoms with Crippen molar-refractivity contribution in [2.75, 3.05) is 20.6 Å². The Morgan fingerprint density at radius 3 is 2.18 bits per heavy atom. The molecule has 0 aromatic heterocycles. The van der Waals surface area contributed by atoms with Crippen LogP contribution in [-0.2, 0) is 9.53 Å². The summed E-state index contributed by atoms with van der Waals surface area (Å²) >= 11 is 0. The van der Waals surface area contributed by atoms with Crippen LogP contribution in [0.1, 0.15) is 72.1 Å². The zero-order valence-corrected chi connectivity index (χ0v) is 23.1. The normalized spacial score (nSPS) is 32.9. The van der Waals surface area contributed by atoms with E-state index in [1.165, 1.54) is 25.7 Å². The third-order valence-corrected chi connectivity index (χ3v) is 7.61. The van der Waals surface area contributed by atoms with Crippen LogP contribution in [0, 0.1) is 11.8 Å². The van der Waals surface area contributed by atoms with Gasteiger partial charge in [0.2, 0.25) is 5.91 Å². The van der Waals surface area contributed by atoms with Gasteiger partial charge in [-0.2, -0.15) is 0 Å². The third kappa shape index (κ3) is 6.45. The highest BCUT2D eigenvalue weighted by Crippen LogP contribution is 2.44. The number of ether oxygens (including phenoxy) is 1. The van der Waals surface area contributed by atoms with Gasteiger partial charge in [-0.25, -0.2) is 9.79 Å². The number of hydrogen-bond donors (Lipinski definition) is 2. The number of hydrogen-bond acceptors (Lipinski definition) is 4. The third-order valence-electron chi connectivity index (χ3n) is 7.61. The minimum Gasteiger partial charge on any atom is -0.444 e. The van der Waals surface area contributed by atoms with Crippen LogP contribution in [0.2, 0.25) is 0 Å². The fourth-order valence-corrected chi connectivity index (χ4v) is 6.12. The SMILES string of the molecule is CN(C)C(=O)CN=C(NC1CC2CCC(C1)N2C(=O)OC(C)(C)C)NC1CC2CCC1C2.I. The van der Waals surface area contributed by atoms with Crippen molar-refractivity contribution < 1.29 is 14.3 Å². The van der Waals surface area contributed by atoms with E-state index < -0.39 is 5.60 Å². The van der Waals surface area contributed by atoms with Crippen LogP contribution in [0.5, 0.6) is 0 Å². The summed E-state index contributed by atoms with van der Waals surface area (Å²) in [6, 6.07) is 1.10. The molecule has 5 atom stereocenters. The fraction of sp³-hybridized carbons (Fsp3) is 0.875. The lowest BCUT2D eigenvalue weighted by atomic mass is 9.95. The predicted molar refractivity (Wildman–Crippen MR) is 140 cm³/mol. The molecule has 2 saturated carbocycles. The van der Waals surface area contributed by atoms with Crippen LogP contribution in [0.4, 0.5) is 4.79 Å². The van der Waals surface area contributed by atoms with Crippen molar-refractivity contribution in [2.45, 2.75) is 102 Å². The second-order valence-electron chi connectivity index (χ2n) is 11.5. The van der Waals surface area contributed by atoms with E-state index in [1.807, 2.05) is 25.7 Å². The van der Waals surface area contributed by atoms with Crippen LogP contribution in [0.3, 0.4) is 0 Å². The van der Waals surface area contributed by atoms with Crippen molar-refractivity contribution in [1.82, 2.24) is 20.4 Å². The van der Waals surface area contributed by atoms with E-state index in [4.69, 9.17) is 4.74 Å². The number of amides is 2. The van der Waals surface area contributed by atoms with Gasteiger partial charge in [0, 0.05) is 38.3 Å². The Balaban J connectivity index is 0.00000306. The quantitative estimate of drug-likeness (QED) is 0.305. The molecule has 2 aliphatic carbocycles. The lowest BCUT2D eigenvalue weighted by Gasteiger charge is -2.40. The minimum atomic E-state index is -0.477. The van der Waals surface area contributed by atoms with Crippen LogP contribution < -0.4 is 10.6 Å². The van der Waals surface area contributed by atoms with Gasteiger partial charge in [-0.3, -0.25) is 4.79 Å². The van der Waals surface area contributed by atoms with Crippen LogP contribution in [0.15, 0.2) is 4.99 Å². The number of likely N-dealkylation sites (N-methyl/N-ethyl adjacent to an activating group) is 1. The molecule has 188 valence electrons. The number of nitrogens with one attached hydrogen (secondary N) is 2. The van der Waals surface area contributed by atoms with E-state index >= 15 is 0 Å². The van der Waals surface area contributed by atoms with Crippen molar-refractivity contribution >= 4 is 41.9 Å². The van der Waals surface area contributed by atoms with E-state index in [2.05, 4.69) is 15.6 Å². The predicted octanol–water partition coefficient (Wildman–Crippen LogP) is 3.35. The number of carbonyl (C=O) groups excluding carboxylic acids is 2. The minimum absolute atomic E-state index is 0. The van der Waals surface area contributed by atoms with Crippen LogP contribution in [0.25, 0.3) is 0 Å². The molecule has 0 spiro atoms. The maximum absolute atomic E-state index is 12.8. The topological polar surface area (TPSA) is 86.3 Å².